The Morgan fingerprint density at radius 3 is 2.07 bits per heavy atom. The van der Waals surface area contributed by atoms with Crippen LogP contribution < -0.4 is 0 Å². The standard InChI is InChI=1S/C11H12O.C2H6/c1-8(2)10-5-4-6-11(7-10)9(3)12;1-2/h4-7H,1H2,2-3H3;1-2H3. The second-order valence-corrected chi connectivity index (χ2v) is 2.92. The first kappa shape index (κ1) is 12.6. The van der Waals surface area contributed by atoms with Gasteiger partial charge in [0.05, 0.1) is 0 Å². The third kappa shape index (κ3) is 3.56. The molecular weight excluding hydrogens is 172 g/mol. The van der Waals surface area contributed by atoms with Crippen LogP contribution in [0.5, 0.6) is 0 Å². The topological polar surface area (TPSA) is 17.1 Å². The maximum Gasteiger partial charge on any atom is 0.159 e. The van der Waals surface area contributed by atoms with E-state index in [0.29, 0.717) is 0 Å². The van der Waals surface area contributed by atoms with Gasteiger partial charge in [0, 0.05) is 5.56 Å². The van der Waals surface area contributed by atoms with E-state index in [0.717, 1.165) is 16.7 Å². The molecule has 0 aliphatic heterocycles. The van der Waals surface area contributed by atoms with Crippen molar-refractivity contribution in [1.82, 2.24) is 0 Å². The molecule has 0 fully saturated rings. The molecule has 76 valence electrons. The zero-order chi connectivity index (χ0) is 11.1. The lowest BCUT2D eigenvalue weighted by Crippen LogP contribution is -1.92. The maximum absolute atomic E-state index is 11.0. The minimum Gasteiger partial charge on any atom is -0.295 e. The van der Waals surface area contributed by atoms with Gasteiger partial charge in [0.2, 0.25) is 0 Å². The van der Waals surface area contributed by atoms with Crippen LogP contribution in [-0.4, -0.2) is 5.78 Å². The van der Waals surface area contributed by atoms with Crippen molar-refractivity contribution in [2.24, 2.45) is 0 Å². The minimum atomic E-state index is 0.0955. The summed E-state index contributed by atoms with van der Waals surface area (Å²) in [6, 6.07) is 7.51. The van der Waals surface area contributed by atoms with Crippen LogP contribution in [0.25, 0.3) is 5.57 Å². The fourth-order valence-corrected chi connectivity index (χ4v) is 1.00. The maximum atomic E-state index is 11.0. The molecule has 0 N–H and O–H groups in total. The molecule has 0 aliphatic carbocycles. The van der Waals surface area contributed by atoms with E-state index in [2.05, 4.69) is 6.58 Å². The lowest BCUT2D eigenvalue weighted by molar-refractivity contribution is 0.101. The molecule has 1 rings (SSSR count). The zero-order valence-corrected chi connectivity index (χ0v) is 9.42. The lowest BCUT2D eigenvalue weighted by Gasteiger charge is -2.00. The Hall–Kier alpha value is -1.37. The molecule has 0 radical (unpaired) electrons. The smallest absolute Gasteiger partial charge is 0.159 e. The molecule has 1 heteroatoms. The van der Waals surface area contributed by atoms with Gasteiger partial charge in [-0.2, -0.15) is 0 Å². The van der Waals surface area contributed by atoms with E-state index in [4.69, 9.17) is 0 Å². The molecule has 0 aliphatic rings. The number of carbonyl (C=O) groups is 1. The number of Topliss-reactive ketones (excluding diaryl/α,β-unsaturated/α-hetero) is 1. The van der Waals surface area contributed by atoms with E-state index in [1.807, 2.05) is 45.0 Å². The SMILES string of the molecule is C=C(C)c1cccc(C(C)=O)c1.CC. The van der Waals surface area contributed by atoms with Crippen molar-refractivity contribution in [3.8, 4) is 0 Å². The Balaban J connectivity index is 0.000000791. The Labute approximate surface area is 86.5 Å². The largest absolute Gasteiger partial charge is 0.295 e. The molecule has 0 heterocycles. The molecule has 14 heavy (non-hydrogen) atoms. The Morgan fingerprint density at radius 1 is 1.14 bits per heavy atom. The normalized spacial score (nSPS) is 8.57. The number of hydrogen-bond donors (Lipinski definition) is 0. The highest BCUT2D eigenvalue weighted by atomic mass is 16.1. The van der Waals surface area contributed by atoms with Crippen LogP contribution >= 0.6 is 0 Å². The molecule has 1 aromatic rings. The van der Waals surface area contributed by atoms with Gasteiger partial charge in [-0.15, -0.1) is 0 Å². The Morgan fingerprint density at radius 2 is 1.64 bits per heavy atom. The van der Waals surface area contributed by atoms with E-state index in [1.54, 1.807) is 6.92 Å². The number of hydrogen-bond acceptors (Lipinski definition) is 1. The molecule has 1 nitrogen and oxygen atoms in total. The number of allylic oxidation sites excluding steroid dienone is 1. The monoisotopic (exact) mass is 190 g/mol. The minimum absolute atomic E-state index is 0.0955. The predicted octanol–water partition coefficient (Wildman–Crippen LogP) is 3.95. The van der Waals surface area contributed by atoms with Crippen LogP contribution in [0.15, 0.2) is 30.8 Å². The second-order valence-electron chi connectivity index (χ2n) is 2.92. The average Bonchev–Trinajstić information content (AvgIpc) is 2.21. The molecule has 1 aromatic carbocycles. The van der Waals surface area contributed by atoms with Gasteiger partial charge in [-0.05, 0) is 25.5 Å². The molecule has 0 bridgehead atoms. The predicted molar refractivity (Wildman–Crippen MR) is 62.5 cm³/mol. The highest BCUT2D eigenvalue weighted by molar-refractivity contribution is 5.94. The quantitative estimate of drug-likeness (QED) is 0.645. The first-order chi connectivity index (χ1) is 6.61. The number of carbonyl (C=O) groups excluding carboxylic acids is 1. The summed E-state index contributed by atoms with van der Waals surface area (Å²) in [5, 5.41) is 0. The fourth-order valence-electron chi connectivity index (χ4n) is 1.00. The van der Waals surface area contributed by atoms with E-state index >= 15 is 0 Å². The van der Waals surface area contributed by atoms with Crippen molar-refractivity contribution >= 4 is 11.4 Å². The molecule has 0 spiro atoms. The lowest BCUT2D eigenvalue weighted by atomic mass is 10.0. The van der Waals surface area contributed by atoms with Gasteiger partial charge in [0.15, 0.2) is 5.78 Å². The van der Waals surface area contributed by atoms with Gasteiger partial charge in [-0.3, -0.25) is 4.79 Å². The van der Waals surface area contributed by atoms with Crippen molar-refractivity contribution in [3.05, 3.63) is 42.0 Å². The van der Waals surface area contributed by atoms with Crippen molar-refractivity contribution in [3.63, 3.8) is 0 Å². The third-order valence-electron chi connectivity index (χ3n) is 1.76. The van der Waals surface area contributed by atoms with Gasteiger partial charge in [0.1, 0.15) is 0 Å². The third-order valence-corrected chi connectivity index (χ3v) is 1.76. The molecular formula is C13H18O. The van der Waals surface area contributed by atoms with Crippen LogP contribution in [0.4, 0.5) is 0 Å². The molecule has 0 atom stereocenters. The van der Waals surface area contributed by atoms with Crippen molar-refractivity contribution < 1.29 is 4.79 Å². The summed E-state index contributed by atoms with van der Waals surface area (Å²) >= 11 is 0. The van der Waals surface area contributed by atoms with Crippen LogP contribution in [0.2, 0.25) is 0 Å². The first-order valence-electron chi connectivity index (χ1n) is 4.88. The first-order valence-corrected chi connectivity index (χ1v) is 4.88. The van der Waals surface area contributed by atoms with Gasteiger partial charge in [0.25, 0.3) is 0 Å². The molecule has 0 saturated carbocycles. The second kappa shape index (κ2) is 6.14. The summed E-state index contributed by atoms with van der Waals surface area (Å²) in [4.78, 5) is 11.0. The molecule has 0 aromatic heterocycles. The highest BCUT2D eigenvalue weighted by Gasteiger charge is 1.99. The van der Waals surface area contributed by atoms with Crippen LogP contribution in [0.1, 0.15) is 43.6 Å². The molecule has 0 unspecified atom stereocenters. The molecule has 0 saturated heterocycles. The highest BCUT2D eigenvalue weighted by Crippen LogP contribution is 2.13. The van der Waals surface area contributed by atoms with Crippen LogP contribution in [-0.2, 0) is 0 Å². The average molecular weight is 190 g/mol. The summed E-state index contributed by atoms with van der Waals surface area (Å²) in [7, 11) is 0. The summed E-state index contributed by atoms with van der Waals surface area (Å²) < 4.78 is 0. The summed E-state index contributed by atoms with van der Waals surface area (Å²) in [6.07, 6.45) is 0. The van der Waals surface area contributed by atoms with E-state index in [-0.39, 0.29) is 5.78 Å². The van der Waals surface area contributed by atoms with E-state index in [1.165, 1.54) is 0 Å². The van der Waals surface area contributed by atoms with E-state index in [9.17, 15) is 4.79 Å². The van der Waals surface area contributed by atoms with Crippen LogP contribution in [0, 0.1) is 0 Å². The Kier molecular flexibility index (Phi) is 5.54. The zero-order valence-electron chi connectivity index (χ0n) is 9.42. The number of ketones is 1. The number of benzene rings is 1. The van der Waals surface area contributed by atoms with Crippen molar-refractivity contribution in [2.75, 3.05) is 0 Å². The van der Waals surface area contributed by atoms with Gasteiger partial charge >= 0.3 is 0 Å². The number of rotatable bonds is 2. The van der Waals surface area contributed by atoms with E-state index < -0.39 is 0 Å². The van der Waals surface area contributed by atoms with Crippen molar-refractivity contribution in [1.29, 1.82) is 0 Å². The van der Waals surface area contributed by atoms with Gasteiger partial charge in [-0.25, -0.2) is 0 Å². The van der Waals surface area contributed by atoms with Gasteiger partial charge in [-0.1, -0.05) is 44.2 Å². The van der Waals surface area contributed by atoms with Crippen molar-refractivity contribution in [2.45, 2.75) is 27.7 Å². The molecule has 0 amide bonds. The summed E-state index contributed by atoms with van der Waals surface area (Å²) in [5.41, 5.74) is 2.76. The summed E-state index contributed by atoms with van der Waals surface area (Å²) in [5.74, 6) is 0.0955. The van der Waals surface area contributed by atoms with Crippen LogP contribution in [0.3, 0.4) is 0 Å². The Bertz CT molecular complexity index is 295. The fraction of sp³-hybridized carbons (Fsp3) is 0.308. The summed E-state index contributed by atoms with van der Waals surface area (Å²) in [6.45, 7) is 11.3. The van der Waals surface area contributed by atoms with Gasteiger partial charge < -0.3 is 0 Å².